The van der Waals surface area contributed by atoms with Gasteiger partial charge in [0.05, 0.1) is 6.10 Å². The van der Waals surface area contributed by atoms with Crippen molar-refractivity contribution in [2.45, 2.75) is 69.3 Å². The van der Waals surface area contributed by atoms with Gasteiger partial charge in [0, 0.05) is 30.8 Å². The molecule has 0 aromatic heterocycles. The van der Waals surface area contributed by atoms with Crippen LogP contribution in [0, 0.1) is 0 Å². The van der Waals surface area contributed by atoms with Crippen LogP contribution in [0.4, 0.5) is 0 Å². The Kier molecular flexibility index (Phi) is 2.94. The lowest BCUT2D eigenvalue weighted by Gasteiger charge is -2.38. The molecule has 3 rings (SSSR count). The maximum absolute atomic E-state index is 5.62. The van der Waals surface area contributed by atoms with Crippen molar-refractivity contribution in [2.24, 2.45) is 0 Å². The summed E-state index contributed by atoms with van der Waals surface area (Å²) in [4.78, 5) is 2.60. The molecule has 0 aromatic carbocycles. The molecule has 4 atom stereocenters. The Hall–Kier alpha value is -0.120. The number of nitrogens with zero attached hydrogens (tertiary/aromatic N) is 1. The van der Waals surface area contributed by atoms with Crippen molar-refractivity contribution >= 4 is 0 Å². The Morgan fingerprint density at radius 1 is 1.12 bits per heavy atom. The van der Waals surface area contributed by atoms with Crippen molar-refractivity contribution in [1.29, 1.82) is 0 Å². The summed E-state index contributed by atoms with van der Waals surface area (Å²) in [6, 6.07) is 3.03. The van der Waals surface area contributed by atoms with Gasteiger partial charge in [-0.25, -0.2) is 0 Å². The molecule has 0 aliphatic carbocycles. The number of hydrogen-bond donors (Lipinski definition) is 1. The molecule has 0 amide bonds. The first-order valence-corrected chi connectivity index (χ1v) is 6.83. The minimum atomic E-state index is 0.414. The number of fused-ring (bicyclic) bond motifs is 2. The van der Waals surface area contributed by atoms with E-state index in [-0.39, 0.29) is 0 Å². The number of rotatable bonds is 2. The summed E-state index contributed by atoms with van der Waals surface area (Å²) >= 11 is 0. The van der Waals surface area contributed by atoms with Gasteiger partial charge < -0.3 is 15.0 Å². The highest BCUT2D eigenvalue weighted by Gasteiger charge is 2.39. The molecule has 0 spiro atoms. The zero-order valence-corrected chi connectivity index (χ0v) is 10.5. The average molecular weight is 224 g/mol. The summed E-state index contributed by atoms with van der Waals surface area (Å²) in [7, 11) is 2.31. The Morgan fingerprint density at radius 3 is 2.38 bits per heavy atom. The zero-order chi connectivity index (χ0) is 11.1. The molecule has 3 nitrogen and oxygen atoms in total. The van der Waals surface area contributed by atoms with Crippen LogP contribution in [0.25, 0.3) is 0 Å². The fourth-order valence-corrected chi connectivity index (χ4v) is 3.80. The monoisotopic (exact) mass is 224 g/mol. The summed E-state index contributed by atoms with van der Waals surface area (Å²) in [5, 5.41) is 3.84. The smallest absolute Gasteiger partial charge is 0.0700 e. The Labute approximate surface area is 98.5 Å². The molecule has 3 heteroatoms. The van der Waals surface area contributed by atoms with Crippen LogP contribution in [-0.2, 0) is 4.74 Å². The standard InChI is InChI=1S/C13H24N2O/c1-9-13(5-6-16-9)14-10-7-11-3-4-12(8-10)15(11)2/h9-14H,3-8H2,1-2H3. The molecule has 3 saturated heterocycles. The van der Waals surface area contributed by atoms with Gasteiger partial charge in [-0.3, -0.25) is 0 Å². The van der Waals surface area contributed by atoms with E-state index in [0.717, 1.165) is 24.7 Å². The molecule has 0 saturated carbocycles. The van der Waals surface area contributed by atoms with Crippen molar-refractivity contribution in [3.63, 3.8) is 0 Å². The molecule has 1 N–H and O–H groups in total. The predicted molar refractivity (Wildman–Crippen MR) is 64.5 cm³/mol. The van der Waals surface area contributed by atoms with Crippen LogP contribution < -0.4 is 5.32 Å². The fourth-order valence-electron chi connectivity index (χ4n) is 3.80. The number of ether oxygens (including phenoxy) is 1. The van der Waals surface area contributed by atoms with E-state index in [9.17, 15) is 0 Å². The largest absolute Gasteiger partial charge is 0.377 e. The topological polar surface area (TPSA) is 24.5 Å². The van der Waals surface area contributed by atoms with Gasteiger partial charge in [-0.2, -0.15) is 0 Å². The first kappa shape index (κ1) is 11.0. The Bertz CT molecular complexity index is 244. The molecule has 16 heavy (non-hydrogen) atoms. The second-order valence-corrected chi connectivity index (χ2v) is 5.86. The van der Waals surface area contributed by atoms with Crippen LogP contribution in [0.5, 0.6) is 0 Å². The summed E-state index contributed by atoms with van der Waals surface area (Å²) in [6.45, 7) is 3.15. The molecule has 3 heterocycles. The van der Waals surface area contributed by atoms with Gasteiger partial charge in [0.25, 0.3) is 0 Å². The van der Waals surface area contributed by atoms with Crippen LogP contribution in [0.15, 0.2) is 0 Å². The summed E-state index contributed by atoms with van der Waals surface area (Å²) < 4.78 is 5.62. The van der Waals surface area contributed by atoms with Gasteiger partial charge in [0.2, 0.25) is 0 Å². The average Bonchev–Trinajstić information content (AvgIpc) is 2.73. The minimum Gasteiger partial charge on any atom is -0.377 e. The molecule has 0 aromatic rings. The zero-order valence-electron chi connectivity index (χ0n) is 10.5. The molecule has 3 aliphatic heterocycles. The SMILES string of the molecule is CC1OCCC1NC1CC2CCC(C1)N2C. The third-order valence-electron chi connectivity index (χ3n) is 4.92. The van der Waals surface area contributed by atoms with Crippen LogP contribution in [0.2, 0.25) is 0 Å². The number of hydrogen-bond acceptors (Lipinski definition) is 3. The van der Waals surface area contributed by atoms with E-state index in [0.29, 0.717) is 12.1 Å². The quantitative estimate of drug-likeness (QED) is 0.767. The van der Waals surface area contributed by atoms with E-state index in [1.165, 1.54) is 32.1 Å². The highest BCUT2D eigenvalue weighted by atomic mass is 16.5. The van der Waals surface area contributed by atoms with E-state index in [1.807, 2.05) is 0 Å². The van der Waals surface area contributed by atoms with Gasteiger partial charge in [-0.1, -0.05) is 0 Å². The highest BCUT2D eigenvalue weighted by molar-refractivity contribution is 4.97. The molecular formula is C13H24N2O. The Balaban J connectivity index is 1.57. The molecular weight excluding hydrogens is 200 g/mol. The van der Waals surface area contributed by atoms with Crippen molar-refractivity contribution in [3.05, 3.63) is 0 Å². The lowest BCUT2D eigenvalue weighted by atomic mass is 9.96. The van der Waals surface area contributed by atoms with E-state index < -0.39 is 0 Å². The second-order valence-electron chi connectivity index (χ2n) is 5.86. The van der Waals surface area contributed by atoms with E-state index >= 15 is 0 Å². The molecule has 2 bridgehead atoms. The van der Waals surface area contributed by atoms with Crippen LogP contribution >= 0.6 is 0 Å². The molecule has 92 valence electrons. The lowest BCUT2D eigenvalue weighted by molar-refractivity contribution is 0.0992. The maximum Gasteiger partial charge on any atom is 0.0700 e. The number of nitrogens with one attached hydrogen (secondary N) is 1. The first-order chi connectivity index (χ1) is 7.74. The molecule has 0 radical (unpaired) electrons. The summed E-state index contributed by atoms with van der Waals surface area (Å²) in [5.41, 5.74) is 0. The third kappa shape index (κ3) is 1.89. The van der Waals surface area contributed by atoms with E-state index in [2.05, 4.69) is 24.2 Å². The Morgan fingerprint density at radius 2 is 1.81 bits per heavy atom. The van der Waals surface area contributed by atoms with Crippen molar-refractivity contribution in [2.75, 3.05) is 13.7 Å². The van der Waals surface area contributed by atoms with Gasteiger partial charge in [0.15, 0.2) is 0 Å². The highest BCUT2D eigenvalue weighted by Crippen LogP contribution is 2.34. The maximum atomic E-state index is 5.62. The third-order valence-corrected chi connectivity index (χ3v) is 4.92. The molecule has 4 unspecified atom stereocenters. The first-order valence-electron chi connectivity index (χ1n) is 6.83. The predicted octanol–water partition coefficient (Wildman–Crippen LogP) is 1.38. The van der Waals surface area contributed by atoms with Crippen LogP contribution in [0.3, 0.4) is 0 Å². The van der Waals surface area contributed by atoms with Crippen LogP contribution in [-0.4, -0.2) is 48.8 Å². The van der Waals surface area contributed by atoms with Crippen molar-refractivity contribution < 1.29 is 4.74 Å². The normalized spacial score (nSPS) is 48.8. The fraction of sp³-hybridized carbons (Fsp3) is 1.00. The number of piperidine rings is 1. The molecule has 3 fully saturated rings. The van der Waals surface area contributed by atoms with Gasteiger partial charge in [-0.15, -0.1) is 0 Å². The van der Waals surface area contributed by atoms with E-state index in [4.69, 9.17) is 4.74 Å². The van der Waals surface area contributed by atoms with Crippen molar-refractivity contribution in [3.8, 4) is 0 Å². The second kappa shape index (κ2) is 4.28. The minimum absolute atomic E-state index is 0.414. The van der Waals surface area contributed by atoms with Crippen molar-refractivity contribution in [1.82, 2.24) is 10.2 Å². The lowest BCUT2D eigenvalue weighted by Crippen LogP contribution is -2.51. The summed E-state index contributed by atoms with van der Waals surface area (Å²) in [5.74, 6) is 0. The van der Waals surface area contributed by atoms with Gasteiger partial charge >= 0.3 is 0 Å². The van der Waals surface area contributed by atoms with E-state index in [1.54, 1.807) is 0 Å². The van der Waals surface area contributed by atoms with Crippen LogP contribution in [0.1, 0.15) is 39.0 Å². The summed E-state index contributed by atoms with van der Waals surface area (Å²) in [6.07, 6.45) is 7.12. The molecule has 3 aliphatic rings. The van der Waals surface area contributed by atoms with Gasteiger partial charge in [-0.05, 0) is 46.1 Å². The van der Waals surface area contributed by atoms with Gasteiger partial charge in [0.1, 0.15) is 0 Å².